The lowest BCUT2D eigenvalue weighted by Crippen LogP contribution is -2.61. The standard InChI is InChI=1S/C43H68N8O13/c1-10-24(8)32(44)40(60)47-27(16-18-30(52)53)37(57)48-29(20-26-14-12-11-13-15-26)39(59)46-28(17-19-31(54)55)38(58)49-34(22(4)5)42(62)50-33(21(2)3)41(61)45-25(9)36(56)51-35(23(6)7)43(63)64/h11-15,21-25,27-29,32-35H,10,16-20,44H2,1-9H3,(H,45,61)(H,46,59)(H,47,60)(H,48,57)(H,49,58)(H,50,62)(H,51,56)(H,52,53)(H,54,55)(H,63,64)/t24-,25-,27-,28-,29-,32-,33-,34-,35-/m0/s1. The molecular weight excluding hydrogens is 837 g/mol. The van der Waals surface area contributed by atoms with Gasteiger partial charge in [0, 0.05) is 19.3 Å². The SMILES string of the molecule is CC[C@H](C)[C@H](N)C(=O)N[C@@H](CCC(=O)O)C(=O)N[C@@H](Cc1ccccc1)C(=O)N[C@@H](CCC(=O)O)C(=O)N[C@H](C(=O)N[C@H](C(=O)N[C@@H](C)C(=O)N[C@H](C(=O)O)C(C)C)C(C)C)C(C)C. The highest BCUT2D eigenvalue weighted by atomic mass is 16.4. The zero-order valence-corrected chi connectivity index (χ0v) is 38.1. The predicted molar refractivity (Wildman–Crippen MR) is 233 cm³/mol. The van der Waals surface area contributed by atoms with Crippen LogP contribution in [0.3, 0.4) is 0 Å². The molecule has 1 aromatic carbocycles. The van der Waals surface area contributed by atoms with E-state index in [1.54, 1.807) is 78.8 Å². The number of carboxylic acid groups (broad SMARTS) is 3. The summed E-state index contributed by atoms with van der Waals surface area (Å²) in [5.41, 5.74) is 6.61. The molecule has 0 fully saturated rings. The third-order valence-electron chi connectivity index (χ3n) is 10.5. The van der Waals surface area contributed by atoms with E-state index < -0.39 is 145 Å². The number of hydrogen-bond donors (Lipinski definition) is 11. The zero-order valence-electron chi connectivity index (χ0n) is 38.1. The molecule has 0 radical (unpaired) electrons. The molecule has 1 rings (SSSR count). The number of hydrogen-bond acceptors (Lipinski definition) is 11. The predicted octanol–water partition coefficient (Wildman–Crippen LogP) is -0.202. The van der Waals surface area contributed by atoms with E-state index in [0.717, 1.165) is 0 Å². The minimum Gasteiger partial charge on any atom is -0.481 e. The van der Waals surface area contributed by atoms with Gasteiger partial charge in [0.2, 0.25) is 41.4 Å². The Morgan fingerprint density at radius 1 is 0.500 bits per heavy atom. The lowest BCUT2D eigenvalue weighted by Gasteiger charge is -2.30. The molecule has 7 amide bonds. The fourth-order valence-electron chi connectivity index (χ4n) is 6.18. The average Bonchev–Trinajstić information content (AvgIpc) is 3.21. The van der Waals surface area contributed by atoms with Gasteiger partial charge in [-0.15, -0.1) is 0 Å². The Labute approximate surface area is 373 Å². The van der Waals surface area contributed by atoms with Crippen LogP contribution in [0.1, 0.15) is 100.0 Å². The minimum absolute atomic E-state index is 0.161. The van der Waals surface area contributed by atoms with Crippen molar-refractivity contribution in [3.8, 4) is 0 Å². The molecule has 0 aromatic heterocycles. The van der Waals surface area contributed by atoms with Gasteiger partial charge in [0.05, 0.1) is 6.04 Å². The third-order valence-corrected chi connectivity index (χ3v) is 10.5. The second-order valence-electron chi connectivity index (χ2n) is 16.9. The van der Waals surface area contributed by atoms with Crippen molar-refractivity contribution in [2.24, 2.45) is 29.4 Å². The Kier molecular flexibility index (Phi) is 23.7. The first kappa shape index (κ1) is 55.9. The first-order valence-corrected chi connectivity index (χ1v) is 21.4. The van der Waals surface area contributed by atoms with Crippen LogP contribution in [0.2, 0.25) is 0 Å². The smallest absolute Gasteiger partial charge is 0.326 e. The van der Waals surface area contributed by atoms with Crippen molar-refractivity contribution in [2.75, 3.05) is 0 Å². The summed E-state index contributed by atoms with van der Waals surface area (Å²) in [5, 5.41) is 45.8. The van der Waals surface area contributed by atoms with E-state index in [9.17, 15) is 63.3 Å². The summed E-state index contributed by atoms with van der Waals surface area (Å²) in [6, 6.07) is -2.17. The van der Waals surface area contributed by atoms with Gasteiger partial charge in [-0.2, -0.15) is 0 Å². The van der Waals surface area contributed by atoms with Gasteiger partial charge in [0.15, 0.2) is 0 Å². The second kappa shape index (κ2) is 27.2. The molecule has 1 aromatic rings. The van der Waals surface area contributed by atoms with Crippen LogP contribution in [0.25, 0.3) is 0 Å². The van der Waals surface area contributed by atoms with Crippen LogP contribution < -0.4 is 43.0 Å². The fourth-order valence-corrected chi connectivity index (χ4v) is 6.18. The second-order valence-corrected chi connectivity index (χ2v) is 16.9. The number of nitrogens with one attached hydrogen (secondary N) is 7. The van der Waals surface area contributed by atoms with Crippen LogP contribution in [0, 0.1) is 23.7 Å². The summed E-state index contributed by atoms with van der Waals surface area (Å²) in [7, 11) is 0. The van der Waals surface area contributed by atoms with Crippen LogP contribution in [0.15, 0.2) is 30.3 Å². The maximum absolute atomic E-state index is 14.1. The number of carboxylic acids is 3. The molecule has 21 nitrogen and oxygen atoms in total. The van der Waals surface area contributed by atoms with Gasteiger partial charge in [0.25, 0.3) is 0 Å². The molecular formula is C43H68N8O13. The van der Waals surface area contributed by atoms with E-state index in [1.165, 1.54) is 6.92 Å². The van der Waals surface area contributed by atoms with E-state index in [2.05, 4.69) is 37.2 Å². The molecule has 0 aliphatic rings. The van der Waals surface area contributed by atoms with Gasteiger partial charge < -0.3 is 58.3 Å². The van der Waals surface area contributed by atoms with E-state index in [4.69, 9.17) is 5.73 Å². The van der Waals surface area contributed by atoms with Gasteiger partial charge in [-0.05, 0) is 49.0 Å². The van der Waals surface area contributed by atoms with Crippen molar-refractivity contribution in [2.45, 2.75) is 149 Å². The first-order valence-electron chi connectivity index (χ1n) is 21.4. The van der Waals surface area contributed by atoms with E-state index in [1.807, 2.05) is 6.92 Å². The molecule has 0 bridgehead atoms. The summed E-state index contributed by atoms with van der Waals surface area (Å²) < 4.78 is 0. The number of carbonyl (C=O) groups is 10. The molecule has 358 valence electrons. The monoisotopic (exact) mass is 904 g/mol. The summed E-state index contributed by atoms with van der Waals surface area (Å²) in [6.07, 6.45) is -1.59. The summed E-state index contributed by atoms with van der Waals surface area (Å²) in [6.45, 7) is 14.5. The largest absolute Gasteiger partial charge is 0.481 e. The molecule has 0 aliphatic heterocycles. The van der Waals surface area contributed by atoms with Gasteiger partial charge in [-0.1, -0.05) is 92.1 Å². The first-order chi connectivity index (χ1) is 29.8. The van der Waals surface area contributed by atoms with E-state index in [0.29, 0.717) is 12.0 Å². The molecule has 12 N–H and O–H groups in total. The van der Waals surface area contributed by atoms with Crippen molar-refractivity contribution < 1.29 is 63.3 Å². The molecule has 64 heavy (non-hydrogen) atoms. The molecule has 21 heteroatoms. The highest BCUT2D eigenvalue weighted by Crippen LogP contribution is 2.12. The van der Waals surface area contributed by atoms with Crippen LogP contribution in [-0.4, -0.2) is 123 Å². The van der Waals surface area contributed by atoms with Crippen LogP contribution in [0.4, 0.5) is 0 Å². The minimum atomic E-state index is -1.59. The summed E-state index contributed by atoms with van der Waals surface area (Å²) >= 11 is 0. The number of rotatable bonds is 28. The van der Waals surface area contributed by atoms with Crippen LogP contribution in [0.5, 0.6) is 0 Å². The van der Waals surface area contributed by atoms with E-state index >= 15 is 0 Å². The van der Waals surface area contributed by atoms with Crippen LogP contribution >= 0.6 is 0 Å². The Morgan fingerprint density at radius 2 is 0.891 bits per heavy atom. The third kappa shape index (κ3) is 19.1. The lowest BCUT2D eigenvalue weighted by molar-refractivity contribution is -0.143. The molecule has 0 spiro atoms. The van der Waals surface area contributed by atoms with Gasteiger partial charge in [-0.3, -0.25) is 43.2 Å². The Morgan fingerprint density at radius 3 is 1.33 bits per heavy atom. The van der Waals surface area contributed by atoms with E-state index in [-0.39, 0.29) is 18.8 Å². The molecule has 0 heterocycles. The van der Waals surface area contributed by atoms with Gasteiger partial charge in [0.1, 0.15) is 42.3 Å². The van der Waals surface area contributed by atoms with Crippen molar-refractivity contribution in [3.05, 3.63) is 35.9 Å². The number of aliphatic carboxylic acids is 3. The Hall–Kier alpha value is -6.12. The summed E-state index contributed by atoms with van der Waals surface area (Å²) in [4.78, 5) is 129. The molecule has 9 atom stereocenters. The lowest BCUT2D eigenvalue weighted by atomic mass is 9.98. The number of benzene rings is 1. The van der Waals surface area contributed by atoms with Crippen LogP contribution in [-0.2, 0) is 54.4 Å². The summed E-state index contributed by atoms with van der Waals surface area (Å²) in [5.74, 6) is -11.7. The van der Waals surface area contributed by atoms with Crippen molar-refractivity contribution >= 4 is 59.3 Å². The Balaban J connectivity index is 3.42. The number of amides is 7. The topological polar surface area (TPSA) is 342 Å². The number of carbonyl (C=O) groups excluding carboxylic acids is 7. The average molecular weight is 905 g/mol. The molecule has 0 saturated heterocycles. The van der Waals surface area contributed by atoms with Crippen molar-refractivity contribution in [1.29, 1.82) is 0 Å². The quantitative estimate of drug-likeness (QED) is 0.0519. The molecule has 0 unspecified atom stereocenters. The molecule has 0 saturated carbocycles. The highest BCUT2D eigenvalue weighted by Gasteiger charge is 2.36. The maximum atomic E-state index is 14.1. The van der Waals surface area contributed by atoms with Gasteiger partial charge in [-0.25, -0.2) is 4.79 Å². The van der Waals surface area contributed by atoms with Crippen molar-refractivity contribution in [1.82, 2.24) is 37.2 Å². The maximum Gasteiger partial charge on any atom is 0.326 e. The van der Waals surface area contributed by atoms with Crippen molar-refractivity contribution in [3.63, 3.8) is 0 Å². The van der Waals surface area contributed by atoms with Gasteiger partial charge >= 0.3 is 17.9 Å². The number of nitrogens with two attached hydrogens (primary N) is 1. The highest BCUT2D eigenvalue weighted by molar-refractivity contribution is 5.98. The zero-order chi connectivity index (χ0) is 49.0. The molecule has 0 aliphatic carbocycles. The Bertz CT molecular complexity index is 1790. The fraction of sp³-hybridized carbons (Fsp3) is 0.628. The normalized spacial score (nSPS) is 15.5.